The average Bonchev–Trinajstić information content (AvgIpc) is 3.52. The minimum atomic E-state index is -0.789. The van der Waals surface area contributed by atoms with Crippen LogP contribution in [0, 0.1) is 17.8 Å². The number of anilines is 2. The summed E-state index contributed by atoms with van der Waals surface area (Å²) in [5, 5.41) is 16.5. The van der Waals surface area contributed by atoms with Crippen molar-refractivity contribution in [3.05, 3.63) is 24.3 Å². The molecule has 1 spiro atoms. The number of hydrogen-bond donors (Lipinski definition) is 3. The van der Waals surface area contributed by atoms with Crippen LogP contribution in [-0.4, -0.2) is 80.9 Å². The lowest BCUT2D eigenvalue weighted by Crippen LogP contribution is -2.56. The van der Waals surface area contributed by atoms with Crippen molar-refractivity contribution in [1.29, 1.82) is 0 Å². The molecule has 3 unspecified atom stereocenters. The van der Waals surface area contributed by atoms with Crippen molar-refractivity contribution in [1.82, 2.24) is 10.2 Å². The molecule has 10 heteroatoms. The summed E-state index contributed by atoms with van der Waals surface area (Å²) in [6, 6.07) is 6.49. The van der Waals surface area contributed by atoms with Gasteiger partial charge >= 0.3 is 0 Å². The Morgan fingerprint density at radius 1 is 1.18 bits per heavy atom. The van der Waals surface area contributed by atoms with Gasteiger partial charge < -0.3 is 25.5 Å². The van der Waals surface area contributed by atoms with Crippen LogP contribution in [0.5, 0.6) is 0 Å². The first-order chi connectivity index (χ1) is 18.7. The third kappa shape index (κ3) is 5.21. The summed E-state index contributed by atoms with van der Waals surface area (Å²) in [5.41, 5.74) is 1.75. The molecule has 1 aromatic rings. The van der Waals surface area contributed by atoms with E-state index in [9.17, 15) is 19.5 Å². The number of halogens is 1. The largest absolute Gasteiger partial charge is 0.394 e. The predicted molar refractivity (Wildman–Crippen MR) is 161 cm³/mol. The lowest BCUT2D eigenvalue weighted by atomic mass is 9.70. The second-order valence-electron chi connectivity index (χ2n) is 11.0. The van der Waals surface area contributed by atoms with Crippen LogP contribution in [0.3, 0.4) is 0 Å². The van der Waals surface area contributed by atoms with E-state index in [0.717, 1.165) is 31.6 Å². The molecule has 3 N–H and O–H groups in total. The second-order valence-corrected chi connectivity index (χ2v) is 13.8. The molecular weight excluding hydrogens is 580 g/mol. The molecule has 2 bridgehead atoms. The molecule has 216 valence electrons. The average molecular weight is 624 g/mol. The number of amides is 3. The number of benzene rings is 1. The van der Waals surface area contributed by atoms with Gasteiger partial charge in [0.2, 0.25) is 17.7 Å². The maximum atomic E-state index is 14.3. The molecule has 3 amide bonds. The molecule has 1 aromatic carbocycles. The molecule has 0 aliphatic carbocycles. The Labute approximate surface area is 245 Å². The fraction of sp³-hybridized carbons (Fsp3) is 0.690. The van der Waals surface area contributed by atoms with Crippen molar-refractivity contribution in [2.24, 2.45) is 17.8 Å². The highest BCUT2D eigenvalue weighted by Crippen LogP contribution is 2.68. The van der Waals surface area contributed by atoms with Gasteiger partial charge in [-0.15, -0.1) is 11.8 Å². The first kappa shape index (κ1) is 30.2. The molecule has 3 heterocycles. The van der Waals surface area contributed by atoms with Crippen molar-refractivity contribution in [3.63, 3.8) is 0 Å². The minimum Gasteiger partial charge on any atom is -0.394 e. The van der Waals surface area contributed by atoms with E-state index in [1.54, 1.807) is 16.7 Å². The van der Waals surface area contributed by atoms with Gasteiger partial charge in [-0.05, 0) is 56.9 Å². The van der Waals surface area contributed by atoms with E-state index in [0.29, 0.717) is 18.7 Å². The molecular formula is C29H43BrN4O4S. The van der Waals surface area contributed by atoms with Crippen molar-refractivity contribution >= 4 is 56.8 Å². The van der Waals surface area contributed by atoms with E-state index in [1.807, 2.05) is 45.0 Å². The van der Waals surface area contributed by atoms with Crippen molar-refractivity contribution < 1.29 is 19.5 Å². The zero-order valence-corrected chi connectivity index (χ0v) is 26.1. The number of likely N-dealkylation sites (tertiary alicyclic amines) is 1. The molecule has 3 saturated heterocycles. The van der Waals surface area contributed by atoms with Crippen LogP contribution in [0.25, 0.3) is 0 Å². The number of thioether (sulfide) groups is 1. The quantitative estimate of drug-likeness (QED) is 0.306. The highest BCUT2D eigenvalue weighted by molar-refractivity contribution is 9.09. The lowest BCUT2D eigenvalue weighted by molar-refractivity contribution is -0.143. The summed E-state index contributed by atoms with van der Waals surface area (Å²) in [7, 11) is 0. The first-order valence-electron chi connectivity index (χ1n) is 14.4. The van der Waals surface area contributed by atoms with Gasteiger partial charge in [0.15, 0.2) is 0 Å². The van der Waals surface area contributed by atoms with Gasteiger partial charge in [-0.1, -0.05) is 43.1 Å². The van der Waals surface area contributed by atoms with E-state index < -0.39 is 28.7 Å². The van der Waals surface area contributed by atoms with Crippen LogP contribution in [0.2, 0.25) is 0 Å². The summed E-state index contributed by atoms with van der Waals surface area (Å²) in [5.74, 6) is -1.68. The highest BCUT2D eigenvalue weighted by Gasteiger charge is 2.76. The molecule has 3 fully saturated rings. The summed E-state index contributed by atoms with van der Waals surface area (Å²) >= 11 is 5.42. The number of alkyl halides is 1. The van der Waals surface area contributed by atoms with E-state index in [-0.39, 0.29) is 40.3 Å². The number of hydrogen-bond acceptors (Lipinski definition) is 6. The third-order valence-electron chi connectivity index (χ3n) is 8.94. The third-order valence-corrected chi connectivity index (χ3v) is 12.2. The first-order valence-corrected chi connectivity index (χ1v) is 16.2. The van der Waals surface area contributed by atoms with Crippen molar-refractivity contribution in [2.75, 3.05) is 36.5 Å². The number of aliphatic hydroxyl groups is 1. The Bertz CT molecular complexity index is 1050. The number of aliphatic hydroxyl groups excluding tert-OH is 1. The van der Waals surface area contributed by atoms with Crippen LogP contribution >= 0.6 is 27.7 Å². The SMILES string of the molecule is CCCNC(=O)[C@H]1[C@@H]2SC3(CC2Br)C(C(=O)Nc2ccc(N(CC)CC)cc2)N([C@@H](CO)[C@@H](C)CC)C(=O)[C@H]13. The number of rotatable bonds is 12. The molecule has 8 atom stereocenters. The van der Waals surface area contributed by atoms with Crippen LogP contribution in [0.15, 0.2) is 24.3 Å². The number of fused-ring (bicyclic) bond motifs is 1. The van der Waals surface area contributed by atoms with Crippen LogP contribution in [0.1, 0.15) is 53.9 Å². The monoisotopic (exact) mass is 622 g/mol. The predicted octanol–water partition coefficient (Wildman–Crippen LogP) is 3.87. The Hall–Kier alpha value is -1.78. The van der Waals surface area contributed by atoms with Crippen LogP contribution in [-0.2, 0) is 14.4 Å². The molecule has 39 heavy (non-hydrogen) atoms. The van der Waals surface area contributed by atoms with Gasteiger partial charge in [0.05, 0.1) is 29.2 Å². The zero-order valence-electron chi connectivity index (χ0n) is 23.7. The molecule has 8 nitrogen and oxygen atoms in total. The Kier molecular flexibility index (Phi) is 9.59. The van der Waals surface area contributed by atoms with Gasteiger partial charge in [0.25, 0.3) is 0 Å². The van der Waals surface area contributed by atoms with Gasteiger partial charge in [0.1, 0.15) is 6.04 Å². The van der Waals surface area contributed by atoms with Gasteiger partial charge in [-0.25, -0.2) is 0 Å². The summed E-state index contributed by atoms with van der Waals surface area (Å²) in [6.45, 7) is 12.3. The number of carbonyl (C=O) groups is 3. The second kappa shape index (κ2) is 12.4. The summed E-state index contributed by atoms with van der Waals surface area (Å²) in [4.78, 5) is 45.7. The highest BCUT2D eigenvalue weighted by atomic mass is 79.9. The molecule has 3 aliphatic rings. The Morgan fingerprint density at radius 3 is 2.41 bits per heavy atom. The topological polar surface area (TPSA) is 102 Å². The zero-order chi connectivity index (χ0) is 28.5. The Balaban J connectivity index is 1.71. The number of nitrogens with one attached hydrogen (secondary N) is 2. The molecule has 0 saturated carbocycles. The molecule has 4 rings (SSSR count). The number of carbonyl (C=O) groups excluding carboxylic acids is 3. The normalized spacial score (nSPS) is 30.7. The lowest BCUT2D eigenvalue weighted by Gasteiger charge is -2.39. The number of nitrogens with zero attached hydrogens (tertiary/aromatic N) is 2. The summed E-state index contributed by atoms with van der Waals surface area (Å²) < 4.78 is -0.740. The maximum absolute atomic E-state index is 14.3. The van der Waals surface area contributed by atoms with Crippen molar-refractivity contribution in [3.8, 4) is 0 Å². The Morgan fingerprint density at radius 2 is 1.85 bits per heavy atom. The van der Waals surface area contributed by atoms with Gasteiger partial charge in [0, 0.05) is 41.1 Å². The van der Waals surface area contributed by atoms with Gasteiger partial charge in [-0.3, -0.25) is 14.4 Å². The maximum Gasteiger partial charge on any atom is 0.248 e. The fourth-order valence-corrected chi connectivity index (χ4v) is 10.4. The smallest absolute Gasteiger partial charge is 0.248 e. The van der Waals surface area contributed by atoms with Gasteiger partial charge in [-0.2, -0.15) is 0 Å². The van der Waals surface area contributed by atoms with E-state index >= 15 is 0 Å². The van der Waals surface area contributed by atoms with Crippen LogP contribution < -0.4 is 15.5 Å². The fourth-order valence-electron chi connectivity index (χ4n) is 6.76. The van der Waals surface area contributed by atoms with Crippen molar-refractivity contribution in [2.45, 2.75) is 80.8 Å². The summed E-state index contributed by atoms with van der Waals surface area (Å²) in [6.07, 6.45) is 2.18. The van der Waals surface area contributed by atoms with Crippen LogP contribution in [0.4, 0.5) is 11.4 Å². The molecule has 3 aliphatic heterocycles. The standard InChI is InChI=1S/C29H43BrN4O4S/c1-6-14-31-26(36)22-23-28(38)34(21(16-35)17(5)7-2)25(29(23)15-20(30)24(22)39-29)27(37)32-18-10-12-19(13-11-18)33(8-3)9-4/h10-13,17,20-25,35H,6-9,14-16H2,1-5H3,(H,31,36)(H,32,37)/t17-,20?,21-,22+,23-,24+,25?,29?/m0/s1. The van der Waals surface area contributed by atoms with E-state index in [2.05, 4.69) is 45.3 Å². The van der Waals surface area contributed by atoms with E-state index in [4.69, 9.17) is 0 Å². The molecule has 0 radical (unpaired) electrons. The minimum absolute atomic E-state index is 0.00725. The van der Waals surface area contributed by atoms with E-state index in [1.165, 1.54) is 0 Å². The molecule has 0 aromatic heterocycles.